The summed E-state index contributed by atoms with van der Waals surface area (Å²) in [7, 11) is 0. The predicted octanol–water partition coefficient (Wildman–Crippen LogP) is 0.563. The van der Waals surface area contributed by atoms with Crippen LogP contribution < -0.4 is 11.1 Å². The molecule has 6 nitrogen and oxygen atoms in total. The van der Waals surface area contributed by atoms with Gasteiger partial charge >= 0.3 is 6.03 Å². The molecule has 0 saturated carbocycles. The van der Waals surface area contributed by atoms with E-state index >= 15 is 0 Å². The minimum atomic E-state index is -0.196. The number of hydrogen-bond donors (Lipinski definition) is 3. The Morgan fingerprint density at radius 2 is 2.20 bits per heavy atom. The first-order valence-electron chi connectivity index (χ1n) is 5.03. The molecule has 0 spiro atoms. The minimum absolute atomic E-state index is 0.0300. The van der Waals surface area contributed by atoms with Crippen molar-refractivity contribution in [1.82, 2.24) is 10.2 Å². The van der Waals surface area contributed by atoms with E-state index in [-0.39, 0.29) is 24.5 Å². The Morgan fingerprint density at radius 1 is 1.60 bits per heavy atom. The van der Waals surface area contributed by atoms with Gasteiger partial charge in [0.1, 0.15) is 0 Å². The second kappa shape index (κ2) is 6.92. The number of amides is 2. The number of nitrogens with two attached hydrogens (primary N) is 1. The Balaban J connectivity index is 4.31. The van der Waals surface area contributed by atoms with E-state index in [1.165, 1.54) is 4.90 Å². The number of rotatable bonds is 5. The standard InChI is InChI=1S/C9H20N4O2/c1-4-5-13(6-8(10)12-15)9(14)11-7(2)3/h7,15H,4-6H2,1-3H3,(H2,10,12)(H,11,14). The monoisotopic (exact) mass is 216 g/mol. The summed E-state index contributed by atoms with van der Waals surface area (Å²) in [6.45, 7) is 6.44. The van der Waals surface area contributed by atoms with Gasteiger partial charge in [0.15, 0.2) is 5.84 Å². The molecule has 0 aliphatic heterocycles. The van der Waals surface area contributed by atoms with Crippen LogP contribution >= 0.6 is 0 Å². The third kappa shape index (κ3) is 5.77. The van der Waals surface area contributed by atoms with Crippen LogP contribution in [0.2, 0.25) is 0 Å². The summed E-state index contributed by atoms with van der Waals surface area (Å²) in [5.74, 6) is 0.0300. The lowest BCUT2D eigenvalue weighted by Gasteiger charge is -2.23. The zero-order chi connectivity index (χ0) is 11.8. The Labute approximate surface area is 90.1 Å². The van der Waals surface area contributed by atoms with Crippen molar-refractivity contribution in [2.45, 2.75) is 33.2 Å². The zero-order valence-corrected chi connectivity index (χ0v) is 9.53. The Bertz CT molecular complexity index is 228. The molecule has 88 valence electrons. The topological polar surface area (TPSA) is 90.9 Å². The van der Waals surface area contributed by atoms with Crippen LogP contribution in [0.15, 0.2) is 5.16 Å². The SMILES string of the molecule is CCCN(CC(N)=NO)C(=O)NC(C)C. The number of urea groups is 1. The molecular weight excluding hydrogens is 196 g/mol. The molecule has 0 radical (unpaired) electrons. The number of nitrogens with one attached hydrogen (secondary N) is 1. The molecular formula is C9H20N4O2. The predicted molar refractivity (Wildman–Crippen MR) is 58.9 cm³/mol. The maximum Gasteiger partial charge on any atom is 0.318 e. The van der Waals surface area contributed by atoms with Gasteiger partial charge in [-0.2, -0.15) is 0 Å². The molecule has 0 fully saturated rings. The van der Waals surface area contributed by atoms with E-state index in [4.69, 9.17) is 10.9 Å². The van der Waals surface area contributed by atoms with E-state index in [1.54, 1.807) is 0 Å². The fourth-order valence-corrected chi connectivity index (χ4v) is 1.09. The van der Waals surface area contributed by atoms with Crippen molar-refractivity contribution in [1.29, 1.82) is 0 Å². The van der Waals surface area contributed by atoms with Crippen molar-refractivity contribution < 1.29 is 10.0 Å². The van der Waals surface area contributed by atoms with E-state index in [0.29, 0.717) is 6.54 Å². The highest BCUT2D eigenvalue weighted by molar-refractivity contribution is 5.86. The van der Waals surface area contributed by atoms with Crippen molar-refractivity contribution in [2.75, 3.05) is 13.1 Å². The lowest BCUT2D eigenvalue weighted by Crippen LogP contribution is -2.46. The van der Waals surface area contributed by atoms with Gasteiger partial charge in [-0.05, 0) is 20.3 Å². The molecule has 6 heteroatoms. The lowest BCUT2D eigenvalue weighted by molar-refractivity contribution is 0.201. The van der Waals surface area contributed by atoms with Crippen LogP contribution in [0.3, 0.4) is 0 Å². The maximum absolute atomic E-state index is 11.6. The first-order chi connectivity index (χ1) is 7.01. The van der Waals surface area contributed by atoms with Gasteiger partial charge in [-0.3, -0.25) is 0 Å². The van der Waals surface area contributed by atoms with E-state index < -0.39 is 0 Å². The highest BCUT2D eigenvalue weighted by Gasteiger charge is 2.14. The van der Waals surface area contributed by atoms with Gasteiger partial charge in [0, 0.05) is 12.6 Å². The molecule has 0 heterocycles. The van der Waals surface area contributed by atoms with Crippen LogP contribution in [-0.2, 0) is 0 Å². The molecule has 0 rings (SSSR count). The fourth-order valence-electron chi connectivity index (χ4n) is 1.09. The molecule has 4 N–H and O–H groups in total. The Morgan fingerprint density at radius 3 is 2.60 bits per heavy atom. The van der Waals surface area contributed by atoms with Crippen LogP contribution in [0.4, 0.5) is 4.79 Å². The molecule has 0 aliphatic rings. The van der Waals surface area contributed by atoms with Crippen LogP contribution in [0.5, 0.6) is 0 Å². The van der Waals surface area contributed by atoms with E-state index in [0.717, 1.165) is 6.42 Å². The lowest BCUT2D eigenvalue weighted by atomic mass is 10.3. The molecule has 0 saturated heterocycles. The third-order valence-electron chi connectivity index (χ3n) is 1.67. The largest absolute Gasteiger partial charge is 0.409 e. The Hall–Kier alpha value is -1.46. The minimum Gasteiger partial charge on any atom is -0.409 e. The van der Waals surface area contributed by atoms with Gasteiger partial charge in [-0.25, -0.2) is 4.79 Å². The van der Waals surface area contributed by atoms with Crippen LogP contribution in [0, 0.1) is 0 Å². The first kappa shape index (κ1) is 13.5. The smallest absolute Gasteiger partial charge is 0.318 e. The number of carbonyl (C=O) groups is 1. The van der Waals surface area contributed by atoms with Gasteiger partial charge in [0.2, 0.25) is 0 Å². The Kier molecular flexibility index (Phi) is 6.24. The fraction of sp³-hybridized carbons (Fsp3) is 0.778. The van der Waals surface area contributed by atoms with Crippen LogP contribution in [0.1, 0.15) is 27.2 Å². The zero-order valence-electron chi connectivity index (χ0n) is 9.53. The van der Waals surface area contributed by atoms with E-state index in [2.05, 4.69) is 10.5 Å². The summed E-state index contributed by atoms with van der Waals surface area (Å²) in [5.41, 5.74) is 5.35. The van der Waals surface area contributed by atoms with Gasteiger partial charge in [-0.15, -0.1) is 0 Å². The molecule has 0 aliphatic carbocycles. The van der Waals surface area contributed by atoms with Crippen molar-refractivity contribution in [3.05, 3.63) is 0 Å². The summed E-state index contributed by atoms with van der Waals surface area (Å²) in [6.07, 6.45) is 0.824. The molecule has 0 bridgehead atoms. The number of nitrogens with zero attached hydrogens (tertiary/aromatic N) is 2. The molecule has 15 heavy (non-hydrogen) atoms. The second-order valence-corrected chi connectivity index (χ2v) is 3.62. The number of oxime groups is 1. The van der Waals surface area contributed by atoms with Crippen LogP contribution in [0.25, 0.3) is 0 Å². The second-order valence-electron chi connectivity index (χ2n) is 3.62. The van der Waals surface area contributed by atoms with Crippen LogP contribution in [-0.4, -0.2) is 41.1 Å². The van der Waals surface area contributed by atoms with Gasteiger partial charge in [0.25, 0.3) is 0 Å². The van der Waals surface area contributed by atoms with Crippen molar-refractivity contribution >= 4 is 11.9 Å². The summed E-state index contributed by atoms with van der Waals surface area (Å²) >= 11 is 0. The number of hydrogen-bond acceptors (Lipinski definition) is 3. The molecule has 0 aromatic carbocycles. The normalized spacial score (nSPS) is 11.6. The van der Waals surface area contributed by atoms with Crippen molar-refractivity contribution in [3.63, 3.8) is 0 Å². The van der Waals surface area contributed by atoms with E-state index in [1.807, 2.05) is 20.8 Å². The van der Waals surface area contributed by atoms with Crippen molar-refractivity contribution in [2.24, 2.45) is 10.9 Å². The molecule has 0 aromatic heterocycles. The maximum atomic E-state index is 11.6. The number of carbonyl (C=O) groups excluding carboxylic acids is 1. The average molecular weight is 216 g/mol. The summed E-state index contributed by atoms with van der Waals surface area (Å²) in [5, 5.41) is 14.0. The molecule has 0 unspecified atom stereocenters. The summed E-state index contributed by atoms with van der Waals surface area (Å²) in [4.78, 5) is 13.1. The quantitative estimate of drug-likeness (QED) is 0.271. The summed E-state index contributed by atoms with van der Waals surface area (Å²) in [6, 6.07) is -0.123. The number of amidine groups is 1. The highest BCUT2D eigenvalue weighted by atomic mass is 16.4. The van der Waals surface area contributed by atoms with Crippen molar-refractivity contribution in [3.8, 4) is 0 Å². The van der Waals surface area contributed by atoms with E-state index in [9.17, 15) is 4.79 Å². The van der Waals surface area contributed by atoms with Gasteiger partial charge < -0.3 is 21.2 Å². The third-order valence-corrected chi connectivity index (χ3v) is 1.67. The summed E-state index contributed by atoms with van der Waals surface area (Å²) < 4.78 is 0. The molecule has 0 aromatic rings. The van der Waals surface area contributed by atoms with Gasteiger partial charge in [-0.1, -0.05) is 12.1 Å². The molecule has 0 atom stereocenters. The highest BCUT2D eigenvalue weighted by Crippen LogP contribution is 1.94. The first-order valence-corrected chi connectivity index (χ1v) is 5.03. The average Bonchev–Trinajstić information content (AvgIpc) is 2.15. The molecule has 2 amide bonds. The van der Waals surface area contributed by atoms with Gasteiger partial charge in [0.05, 0.1) is 6.54 Å².